The van der Waals surface area contributed by atoms with E-state index in [1.807, 2.05) is 6.07 Å². The average Bonchev–Trinajstić information content (AvgIpc) is 2.43. The Balaban J connectivity index is 2.48. The van der Waals surface area contributed by atoms with E-state index in [0.29, 0.717) is 20.7 Å². The van der Waals surface area contributed by atoms with Crippen LogP contribution in [0.5, 0.6) is 0 Å². The summed E-state index contributed by atoms with van der Waals surface area (Å²) in [4.78, 5) is 0.0634. The van der Waals surface area contributed by atoms with Crippen LogP contribution in [0.3, 0.4) is 0 Å². The van der Waals surface area contributed by atoms with Crippen LogP contribution < -0.4 is 4.72 Å². The minimum atomic E-state index is -3.81. The van der Waals surface area contributed by atoms with Crippen LogP contribution in [0.25, 0.3) is 0 Å². The smallest absolute Gasteiger partial charge is 0.262 e. The molecule has 108 valence electrons. The van der Waals surface area contributed by atoms with Crippen molar-refractivity contribution in [1.82, 2.24) is 0 Å². The van der Waals surface area contributed by atoms with Crippen LogP contribution in [0, 0.1) is 18.3 Å². The molecule has 0 aliphatic heterocycles. The minimum Gasteiger partial charge on any atom is -0.278 e. The molecule has 0 heterocycles. The topological polar surface area (TPSA) is 70.0 Å². The molecule has 0 radical (unpaired) electrons. The quantitative estimate of drug-likeness (QED) is 0.865. The van der Waals surface area contributed by atoms with Crippen LogP contribution in [0.4, 0.5) is 5.69 Å². The number of anilines is 1. The largest absolute Gasteiger partial charge is 0.278 e. The van der Waals surface area contributed by atoms with Gasteiger partial charge in [0.15, 0.2) is 0 Å². The normalized spacial score (nSPS) is 11.0. The summed E-state index contributed by atoms with van der Waals surface area (Å²) in [5, 5.41) is 9.31. The standard InChI is InChI=1S/C14H10BrClN2O2S/c1-9-2-3-10(8-17)6-14(9)21(19,20)18-13-7-11(16)4-5-12(13)15/h2-7,18H,1H3. The summed E-state index contributed by atoms with van der Waals surface area (Å²) >= 11 is 9.14. The van der Waals surface area contributed by atoms with Gasteiger partial charge in [-0.25, -0.2) is 8.42 Å². The van der Waals surface area contributed by atoms with Gasteiger partial charge >= 0.3 is 0 Å². The van der Waals surface area contributed by atoms with E-state index in [-0.39, 0.29) is 10.5 Å². The summed E-state index contributed by atoms with van der Waals surface area (Å²) in [6.45, 7) is 1.67. The second-order valence-corrected chi connectivity index (χ2v) is 7.26. The van der Waals surface area contributed by atoms with E-state index in [1.54, 1.807) is 31.2 Å². The van der Waals surface area contributed by atoms with Crippen LogP contribution in [-0.4, -0.2) is 8.42 Å². The molecule has 0 aliphatic carbocycles. The highest BCUT2D eigenvalue weighted by atomic mass is 79.9. The van der Waals surface area contributed by atoms with Gasteiger partial charge in [-0.15, -0.1) is 0 Å². The van der Waals surface area contributed by atoms with E-state index in [0.717, 1.165) is 0 Å². The van der Waals surface area contributed by atoms with E-state index in [2.05, 4.69) is 20.7 Å². The SMILES string of the molecule is Cc1ccc(C#N)cc1S(=O)(=O)Nc1cc(Cl)ccc1Br. The molecule has 0 aliphatic rings. The summed E-state index contributed by atoms with van der Waals surface area (Å²) in [5.74, 6) is 0. The first-order chi connectivity index (χ1) is 9.83. The molecule has 21 heavy (non-hydrogen) atoms. The van der Waals surface area contributed by atoms with Crippen molar-refractivity contribution in [3.63, 3.8) is 0 Å². The summed E-state index contributed by atoms with van der Waals surface area (Å²) in [6.07, 6.45) is 0. The fraction of sp³-hybridized carbons (Fsp3) is 0.0714. The number of aryl methyl sites for hydroxylation is 1. The first-order valence-corrected chi connectivity index (χ1v) is 8.47. The number of nitriles is 1. The zero-order chi connectivity index (χ0) is 15.6. The molecule has 0 spiro atoms. The highest BCUT2D eigenvalue weighted by Gasteiger charge is 2.19. The van der Waals surface area contributed by atoms with E-state index >= 15 is 0 Å². The summed E-state index contributed by atoms with van der Waals surface area (Å²) in [6, 6.07) is 11.2. The number of hydrogen-bond acceptors (Lipinski definition) is 3. The Labute approximate surface area is 136 Å². The lowest BCUT2D eigenvalue weighted by molar-refractivity contribution is 0.600. The Bertz CT molecular complexity index is 845. The lowest BCUT2D eigenvalue weighted by Gasteiger charge is -2.12. The van der Waals surface area contributed by atoms with Crippen LogP contribution in [-0.2, 0) is 10.0 Å². The van der Waals surface area contributed by atoms with Crippen molar-refractivity contribution in [2.24, 2.45) is 0 Å². The summed E-state index contributed by atoms with van der Waals surface area (Å²) < 4.78 is 28.0. The molecule has 4 nitrogen and oxygen atoms in total. The molecule has 0 fully saturated rings. The van der Waals surface area contributed by atoms with E-state index < -0.39 is 10.0 Å². The number of rotatable bonds is 3. The molecule has 0 saturated carbocycles. The van der Waals surface area contributed by atoms with E-state index in [9.17, 15) is 8.42 Å². The third-order valence-electron chi connectivity index (χ3n) is 2.78. The molecule has 2 rings (SSSR count). The second-order valence-electron chi connectivity index (χ2n) is 4.32. The maximum absolute atomic E-state index is 12.5. The number of sulfonamides is 1. The van der Waals surface area contributed by atoms with E-state index in [1.165, 1.54) is 12.1 Å². The Hall–Kier alpha value is -1.55. The number of hydrogen-bond donors (Lipinski definition) is 1. The summed E-state index contributed by atoms with van der Waals surface area (Å²) in [5.41, 5.74) is 1.18. The van der Waals surface area contributed by atoms with Gasteiger partial charge < -0.3 is 0 Å². The minimum absolute atomic E-state index is 0.0634. The van der Waals surface area contributed by atoms with Crippen molar-refractivity contribution >= 4 is 43.2 Å². The number of nitrogens with zero attached hydrogens (tertiary/aromatic N) is 1. The molecule has 0 aromatic heterocycles. The van der Waals surface area contributed by atoms with Gasteiger partial charge in [0.2, 0.25) is 0 Å². The molecule has 0 amide bonds. The van der Waals surface area contributed by atoms with Crippen molar-refractivity contribution in [1.29, 1.82) is 5.26 Å². The van der Waals surface area contributed by atoms with Gasteiger partial charge in [0.25, 0.3) is 10.0 Å². The maximum atomic E-state index is 12.5. The molecular formula is C14H10BrClN2O2S. The Morgan fingerprint density at radius 3 is 2.62 bits per heavy atom. The lowest BCUT2D eigenvalue weighted by Crippen LogP contribution is -2.14. The first-order valence-electron chi connectivity index (χ1n) is 5.82. The van der Waals surface area contributed by atoms with Crippen LogP contribution >= 0.6 is 27.5 Å². The third kappa shape index (κ3) is 3.56. The van der Waals surface area contributed by atoms with Gasteiger partial charge in [0.1, 0.15) is 0 Å². The van der Waals surface area contributed by atoms with Crippen molar-refractivity contribution in [3.05, 3.63) is 57.0 Å². The molecule has 2 aromatic rings. The highest BCUT2D eigenvalue weighted by Crippen LogP contribution is 2.29. The molecular weight excluding hydrogens is 376 g/mol. The van der Waals surface area contributed by atoms with Crippen molar-refractivity contribution in [2.75, 3.05) is 4.72 Å². The van der Waals surface area contributed by atoms with E-state index in [4.69, 9.17) is 16.9 Å². The van der Waals surface area contributed by atoms with Gasteiger partial charge in [-0.2, -0.15) is 5.26 Å². The Morgan fingerprint density at radius 1 is 1.24 bits per heavy atom. The van der Waals surface area contributed by atoms with Gasteiger partial charge in [0.05, 0.1) is 22.2 Å². The Morgan fingerprint density at radius 2 is 1.95 bits per heavy atom. The molecule has 0 saturated heterocycles. The van der Waals surface area contributed by atoms with Crippen molar-refractivity contribution in [2.45, 2.75) is 11.8 Å². The zero-order valence-electron chi connectivity index (χ0n) is 10.9. The molecule has 0 unspecified atom stereocenters. The van der Waals surface area contributed by atoms with Crippen LogP contribution in [0.2, 0.25) is 5.02 Å². The monoisotopic (exact) mass is 384 g/mol. The second kappa shape index (κ2) is 6.06. The Kier molecular flexibility index (Phi) is 4.57. The predicted molar refractivity (Wildman–Crippen MR) is 85.9 cm³/mol. The fourth-order valence-corrected chi connectivity index (χ4v) is 3.73. The van der Waals surface area contributed by atoms with Gasteiger partial charge in [-0.05, 0) is 58.7 Å². The number of halogens is 2. The average molecular weight is 386 g/mol. The summed E-state index contributed by atoms with van der Waals surface area (Å²) in [7, 11) is -3.81. The first kappa shape index (κ1) is 15.8. The molecule has 0 bridgehead atoms. The van der Waals surface area contributed by atoms with Crippen LogP contribution in [0.1, 0.15) is 11.1 Å². The third-order valence-corrected chi connectivity index (χ3v) is 5.21. The molecule has 2 aromatic carbocycles. The van der Waals surface area contributed by atoms with Crippen molar-refractivity contribution < 1.29 is 8.42 Å². The van der Waals surface area contributed by atoms with Gasteiger partial charge in [-0.1, -0.05) is 17.7 Å². The van der Waals surface area contributed by atoms with Gasteiger partial charge in [0, 0.05) is 9.50 Å². The fourth-order valence-electron chi connectivity index (χ4n) is 1.73. The number of nitrogens with one attached hydrogen (secondary N) is 1. The lowest BCUT2D eigenvalue weighted by atomic mass is 10.2. The van der Waals surface area contributed by atoms with Crippen LogP contribution in [0.15, 0.2) is 45.8 Å². The molecule has 7 heteroatoms. The van der Waals surface area contributed by atoms with Gasteiger partial charge in [-0.3, -0.25) is 4.72 Å². The molecule has 0 atom stereocenters. The van der Waals surface area contributed by atoms with Crippen molar-refractivity contribution in [3.8, 4) is 6.07 Å². The maximum Gasteiger partial charge on any atom is 0.262 e. The molecule has 1 N–H and O–H groups in total. The number of benzene rings is 2. The predicted octanol–water partition coefficient (Wildman–Crippen LogP) is 4.08. The zero-order valence-corrected chi connectivity index (χ0v) is 14.1. The highest BCUT2D eigenvalue weighted by molar-refractivity contribution is 9.10.